The van der Waals surface area contributed by atoms with Gasteiger partial charge in [-0.25, -0.2) is 8.78 Å². The topological polar surface area (TPSA) is 39.2 Å². The SMILES string of the molecule is NC(Cc1ccc(F)cc1F)c1coc2ccccc12. The zero-order valence-corrected chi connectivity index (χ0v) is 10.6. The van der Waals surface area contributed by atoms with Gasteiger partial charge >= 0.3 is 0 Å². The minimum Gasteiger partial charge on any atom is -0.464 e. The van der Waals surface area contributed by atoms with Gasteiger partial charge in [0.15, 0.2) is 0 Å². The Morgan fingerprint density at radius 3 is 2.70 bits per heavy atom. The molecule has 1 atom stereocenters. The van der Waals surface area contributed by atoms with Crippen LogP contribution in [0.3, 0.4) is 0 Å². The molecule has 20 heavy (non-hydrogen) atoms. The van der Waals surface area contributed by atoms with Crippen LogP contribution < -0.4 is 5.73 Å². The first-order valence-electron chi connectivity index (χ1n) is 6.31. The lowest BCUT2D eigenvalue weighted by atomic mass is 9.99. The molecule has 0 saturated carbocycles. The molecule has 4 heteroatoms. The molecule has 0 amide bonds. The highest BCUT2D eigenvalue weighted by Crippen LogP contribution is 2.27. The van der Waals surface area contributed by atoms with Gasteiger partial charge in [0, 0.05) is 23.1 Å². The Bertz CT molecular complexity index is 751. The molecule has 102 valence electrons. The summed E-state index contributed by atoms with van der Waals surface area (Å²) in [6, 6.07) is 10.7. The number of benzene rings is 2. The third-order valence-corrected chi connectivity index (χ3v) is 3.37. The van der Waals surface area contributed by atoms with Gasteiger partial charge < -0.3 is 10.2 Å². The first kappa shape index (κ1) is 12.8. The highest BCUT2D eigenvalue weighted by Gasteiger charge is 2.15. The summed E-state index contributed by atoms with van der Waals surface area (Å²) in [5, 5.41) is 0.919. The normalized spacial score (nSPS) is 12.8. The van der Waals surface area contributed by atoms with E-state index in [2.05, 4.69) is 0 Å². The van der Waals surface area contributed by atoms with E-state index in [0.717, 1.165) is 22.6 Å². The third-order valence-electron chi connectivity index (χ3n) is 3.37. The van der Waals surface area contributed by atoms with E-state index in [4.69, 9.17) is 10.2 Å². The summed E-state index contributed by atoms with van der Waals surface area (Å²) >= 11 is 0. The number of fused-ring (bicyclic) bond motifs is 1. The van der Waals surface area contributed by atoms with Crippen LogP contribution in [0.25, 0.3) is 11.0 Å². The van der Waals surface area contributed by atoms with Crippen LogP contribution in [0.5, 0.6) is 0 Å². The van der Waals surface area contributed by atoms with Gasteiger partial charge in [0.25, 0.3) is 0 Å². The second-order valence-electron chi connectivity index (χ2n) is 4.73. The highest BCUT2D eigenvalue weighted by atomic mass is 19.1. The monoisotopic (exact) mass is 273 g/mol. The van der Waals surface area contributed by atoms with Crippen molar-refractivity contribution in [3.05, 3.63) is 71.5 Å². The average Bonchev–Trinajstić information content (AvgIpc) is 2.86. The lowest BCUT2D eigenvalue weighted by molar-refractivity contribution is 0.559. The first-order chi connectivity index (χ1) is 9.65. The smallest absolute Gasteiger partial charge is 0.134 e. The van der Waals surface area contributed by atoms with Crippen LogP contribution in [0.15, 0.2) is 53.1 Å². The number of nitrogens with two attached hydrogens (primary N) is 1. The van der Waals surface area contributed by atoms with E-state index in [1.165, 1.54) is 12.1 Å². The number of halogens is 2. The van der Waals surface area contributed by atoms with Crippen LogP contribution in [-0.4, -0.2) is 0 Å². The molecular formula is C16H13F2NO. The molecule has 1 aromatic heterocycles. The van der Waals surface area contributed by atoms with Crippen molar-refractivity contribution in [1.29, 1.82) is 0 Å². The van der Waals surface area contributed by atoms with Crippen LogP contribution in [-0.2, 0) is 6.42 Å². The maximum absolute atomic E-state index is 13.6. The predicted octanol–water partition coefficient (Wildman–Crippen LogP) is 3.95. The quantitative estimate of drug-likeness (QED) is 0.784. The molecule has 0 aliphatic carbocycles. The standard InChI is InChI=1S/C16H13F2NO/c17-11-6-5-10(14(18)8-11)7-15(19)13-9-20-16-4-2-1-3-12(13)16/h1-6,8-9,15H,7,19H2. The summed E-state index contributed by atoms with van der Waals surface area (Å²) in [4.78, 5) is 0. The van der Waals surface area contributed by atoms with E-state index < -0.39 is 17.7 Å². The van der Waals surface area contributed by atoms with E-state index in [0.29, 0.717) is 5.56 Å². The minimum atomic E-state index is -0.589. The van der Waals surface area contributed by atoms with E-state index in [-0.39, 0.29) is 6.42 Å². The lowest BCUT2D eigenvalue weighted by Gasteiger charge is -2.11. The number of furan rings is 1. The molecule has 2 nitrogen and oxygen atoms in total. The Kier molecular flexibility index (Phi) is 3.24. The molecule has 0 aliphatic heterocycles. The van der Waals surface area contributed by atoms with Gasteiger partial charge in [-0.1, -0.05) is 24.3 Å². The molecule has 0 saturated heterocycles. The fourth-order valence-electron chi connectivity index (χ4n) is 2.32. The van der Waals surface area contributed by atoms with Crippen molar-refractivity contribution < 1.29 is 13.2 Å². The summed E-state index contributed by atoms with van der Waals surface area (Å²) in [6.07, 6.45) is 1.88. The molecule has 0 bridgehead atoms. The maximum Gasteiger partial charge on any atom is 0.134 e. The van der Waals surface area contributed by atoms with Crippen molar-refractivity contribution in [2.45, 2.75) is 12.5 Å². The van der Waals surface area contributed by atoms with Crippen LogP contribution >= 0.6 is 0 Å². The molecule has 2 N–H and O–H groups in total. The molecule has 3 rings (SSSR count). The Balaban J connectivity index is 1.91. The van der Waals surface area contributed by atoms with Crippen molar-refractivity contribution in [3.63, 3.8) is 0 Å². The summed E-state index contributed by atoms with van der Waals surface area (Å²) in [6.45, 7) is 0. The number of hydrogen-bond donors (Lipinski definition) is 1. The van der Waals surface area contributed by atoms with Crippen LogP contribution in [0, 0.1) is 11.6 Å². The summed E-state index contributed by atoms with van der Waals surface area (Å²) < 4.78 is 32.0. The summed E-state index contributed by atoms with van der Waals surface area (Å²) in [5.74, 6) is -1.16. The van der Waals surface area contributed by atoms with Crippen molar-refractivity contribution in [1.82, 2.24) is 0 Å². The van der Waals surface area contributed by atoms with Crippen LogP contribution in [0.4, 0.5) is 8.78 Å². The molecule has 0 radical (unpaired) electrons. The second kappa shape index (κ2) is 5.06. The van der Waals surface area contributed by atoms with E-state index in [9.17, 15) is 8.78 Å². The van der Waals surface area contributed by atoms with Gasteiger partial charge in [-0.05, 0) is 24.1 Å². The summed E-state index contributed by atoms with van der Waals surface area (Å²) in [5.41, 5.74) is 8.09. The van der Waals surface area contributed by atoms with Crippen molar-refractivity contribution in [2.75, 3.05) is 0 Å². The van der Waals surface area contributed by atoms with Gasteiger partial charge in [-0.15, -0.1) is 0 Å². The van der Waals surface area contributed by atoms with E-state index in [1.54, 1.807) is 6.26 Å². The molecule has 0 aliphatic rings. The lowest BCUT2D eigenvalue weighted by Crippen LogP contribution is -2.13. The van der Waals surface area contributed by atoms with Gasteiger partial charge in [-0.3, -0.25) is 0 Å². The Morgan fingerprint density at radius 2 is 1.90 bits per heavy atom. The summed E-state index contributed by atoms with van der Waals surface area (Å²) in [7, 11) is 0. The molecule has 0 fully saturated rings. The first-order valence-corrected chi connectivity index (χ1v) is 6.31. The Hall–Kier alpha value is -2.20. The van der Waals surface area contributed by atoms with E-state index in [1.807, 2.05) is 24.3 Å². The highest BCUT2D eigenvalue weighted by molar-refractivity contribution is 5.81. The van der Waals surface area contributed by atoms with Crippen LogP contribution in [0.2, 0.25) is 0 Å². The molecule has 0 spiro atoms. The molecule has 1 heterocycles. The zero-order valence-electron chi connectivity index (χ0n) is 10.6. The second-order valence-corrected chi connectivity index (χ2v) is 4.73. The predicted molar refractivity (Wildman–Crippen MR) is 73.2 cm³/mol. The minimum absolute atomic E-state index is 0.287. The Labute approximate surface area is 114 Å². The Morgan fingerprint density at radius 1 is 1.10 bits per heavy atom. The van der Waals surface area contributed by atoms with E-state index >= 15 is 0 Å². The van der Waals surface area contributed by atoms with Crippen LogP contribution in [0.1, 0.15) is 17.2 Å². The third kappa shape index (κ3) is 2.30. The number of hydrogen-bond acceptors (Lipinski definition) is 2. The largest absolute Gasteiger partial charge is 0.464 e. The fraction of sp³-hybridized carbons (Fsp3) is 0.125. The molecule has 1 unspecified atom stereocenters. The van der Waals surface area contributed by atoms with Crippen molar-refractivity contribution in [3.8, 4) is 0 Å². The van der Waals surface area contributed by atoms with Crippen molar-refractivity contribution in [2.24, 2.45) is 5.73 Å². The number of para-hydroxylation sites is 1. The molecular weight excluding hydrogens is 260 g/mol. The van der Waals surface area contributed by atoms with Gasteiger partial charge in [0.2, 0.25) is 0 Å². The average molecular weight is 273 g/mol. The van der Waals surface area contributed by atoms with Crippen molar-refractivity contribution >= 4 is 11.0 Å². The van der Waals surface area contributed by atoms with Gasteiger partial charge in [-0.2, -0.15) is 0 Å². The zero-order chi connectivity index (χ0) is 14.1. The molecule has 3 aromatic rings. The van der Waals surface area contributed by atoms with Gasteiger partial charge in [0.1, 0.15) is 17.2 Å². The van der Waals surface area contributed by atoms with Gasteiger partial charge in [0.05, 0.1) is 6.26 Å². The number of rotatable bonds is 3. The fourth-order valence-corrected chi connectivity index (χ4v) is 2.32. The molecule has 2 aromatic carbocycles. The maximum atomic E-state index is 13.6.